The van der Waals surface area contributed by atoms with Crippen LogP contribution in [0.5, 0.6) is 0 Å². The Morgan fingerprint density at radius 1 is 1.08 bits per heavy atom. The number of hydrogen-bond donors (Lipinski definition) is 1. The van der Waals surface area contributed by atoms with Crippen molar-refractivity contribution in [2.75, 3.05) is 19.8 Å². The second kappa shape index (κ2) is 8.05. The Balaban J connectivity index is 1.99. The summed E-state index contributed by atoms with van der Waals surface area (Å²) in [5.74, 6) is 0.165. The Labute approximate surface area is 156 Å². The molecule has 0 saturated carbocycles. The van der Waals surface area contributed by atoms with E-state index in [1.165, 1.54) is 27.8 Å². The molecule has 3 rings (SSSR count). The molecule has 0 atom stereocenters. The van der Waals surface area contributed by atoms with E-state index in [4.69, 9.17) is 4.74 Å². The third kappa shape index (κ3) is 3.83. The van der Waals surface area contributed by atoms with Gasteiger partial charge in [0.15, 0.2) is 0 Å². The van der Waals surface area contributed by atoms with E-state index in [0.29, 0.717) is 19.8 Å². The Morgan fingerprint density at radius 2 is 1.81 bits per heavy atom. The van der Waals surface area contributed by atoms with Gasteiger partial charge < -0.3 is 10.1 Å². The van der Waals surface area contributed by atoms with Crippen molar-refractivity contribution in [2.24, 2.45) is 5.41 Å². The van der Waals surface area contributed by atoms with E-state index in [1.807, 2.05) is 6.92 Å². The van der Waals surface area contributed by atoms with Crippen LogP contribution in [0.2, 0.25) is 0 Å². The van der Waals surface area contributed by atoms with Gasteiger partial charge in [-0.3, -0.25) is 4.79 Å². The van der Waals surface area contributed by atoms with Crippen LogP contribution in [0.15, 0.2) is 42.5 Å². The first-order valence-corrected chi connectivity index (χ1v) is 9.57. The van der Waals surface area contributed by atoms with E-state index in [0.717, 1.165) is 19.3 Å². The molecule has 2 aromatic rings. The van der Waals surface area contributed by atoms with Crippen LogP contribution < -0.4 is 5.32 Å². The van der Waals surface area contributed by atoms with Crippen LogP contribution >= 0.6 is 0 Å². The smallest absolute Gasteiger partial charge is 0.226 e. The molecule has 1 aliphatic rings. The lowest BCUT2D eigenvalue weighted by Gasteiger charge is -2.36. The molecule has 0 bridgehead atoms. The molecule has 138 valence electrons. The molecule has 0 aromatic heterocycles. The minimum absolute atomic E-state index is 0.165. The number of carbonyl (C=O) groups excluding carboxylic acids is 1. The van der Waals surface area contributed by atoms with E-state index in [1.54, 1.807) is 0 Å². The van der Waals surface area contributed by atoms with E-state index in [9.17, 15) is 4.79 Å². The molecule has 26 heavy (non-hydrogen) atoms. The predicted octanol–water partition coefficient (Wildman–Crippen LogP) is 4.45. The van der Waals surface area contributed by atoms with Crippen molar-refractivity contribution in [3.8, 4) is 11.1 Å². The maximum absolute atomic E-state index is 12.9. The molecule has 3 nitrogen and oxygen atoms in total. The van der Waals surface area contributed by atoms with Gasteiger partial charge in [-0.1, -0.05) is 48.0 Å². The third-order valence-electron chi connectivity index (χ3n) is 5.49. The second-order valence-corrected chi connectivity index (χ2v) is 7.40. The van der Waals surface area contributed by atoms with E-state index < -0.39 is 0 Å². The van der Waals surface area contributed by atoms with Gasteiger partial charge in [-0.2, -0.15) is 0 Å². The quantitative estimate of drug-likeness (QED) is 0.864. The molecule has 0 unspecified atom stereocenters. The van der Waals surface area contributed by atoms with E-state index in [2.05, 4.69) is 61.6 Å². The maximum Gasteiger partial charge on any atom is 0.226 e. The normalized spacial score (nSPS) is 16.3. The molecule has 1 saturated heterocycles. The van der Waals surface area contributed by atoms with E-state index >= 15 is 0 Å². The maximum atomic E-state index is 12.9. The van der Waals surface area contributed by atoms with Crippen LogP contribution in [0.3, 0.4) is 0 Å². The molecular formula is C23H29NO2. The first-order chi connectivity index (χ1) is 12.6. The number of nitrogens with one attached hydrogen (secondary N) is 1. The zero-order valence-corrected chi connectivity index (χ0v) is 16.1. The zero-order valence-electron chi connectivity index (χ0n) is 16.1. The Kier molecular flexibility index (Phi) is 5.77. The highest BCUT2D eigenvalue weighted by atomic mass is 16.5. The van der Waals surface area contributed by atoms with Gasteiger partial charge in [0.1, 0.15) is 0 Å². The van der Waals surface area contributed by atoms with Gasteiger partial charge in [-0.05, 0) is 62.3 Å². The molecule has 2 aromatic carbocycles. The van der Waals surface area contributed by atoms with Gasteiger partial charge in [0, 0.05) is 19.8 Å². The average Bonchev–Trinajstić information content (AvgIpc) is 2.63. The van der Waals surface area contributed by atoms with Crippen LogP contribution in [0.4, 0.5) is 0 Å². The fraction of sp³-hybridized carbons (Fsp3) is 0.435. The van der Waals surface area contributed by atoms with Crippen molar-refractivity contribution in [3.63, 3.8) is 0 Å². The number of hydrogen-bond acceptors (Lipinski definition) is 2. The fourth-order valence-corrected chi connectivity index (χ4v) is 4.01. The topological polar surface area (TPSA) is 38.3 Å². The summed E-state index contributed by atoms with van der Waals surface area (Å²) in [6.45, 7) is 8.24. The fourth-order valence-electron chi connectivity index (χ4n) is 4.01. The Bertz CT molecular complexity index is 776. The van der Waals surface area contributed by atoms with Crippen LogP contribution in [-0.4, -0.2) is 25.7 Å². The summed E-state index contributed by atoms with van der Waals surface area (Å²) < 4.78 is 5.56. The molecule has 0 aliphatic carbocycles. The monoisotopic (exact) mass is 351 g/mol. The van der Waals surface area contributed by atoms with Crippen molar-refractivity contribution < 1.29 is 9.53 Å². The van der Waals surface area contributed by atoms with Crippen LogP contribution in [-0.2, 0) is 16.0 Å². The van der Waals surface area contributed by atoms with Gasteiger partial charge in [-0.25, -0.2) is 0 Å². The second-order valence-electron chi connectivity index (χ2n) is 7.40. The van der Waals surface area contributed by atoms with Crippen LogP contribution in [0.25, 0.3) is 11.1 Å². The number of amides is 1. The van der Waals surface area contributed by atoms with Crippen molar-refractivity contribution in [3.05, 3.63) is 59.2 Å². The first kappa shape index (κ1) is 18.7. The first-order valence-electron chi connectivity index (χ1n) is 9.57. The lowest BCUT2D eigenvalue weighted by atomic mass is 9.73. The number of carbonyl (C=O) groups is 1. The average molecular weight is 351 g/mol. The third-order valence-corrected chi connectivity index (χ3v) is 5.49. The molecular weight excluding hydrogens is 322 g/mol. The molecule has 1 aliphatic heterocycles. The van der Waals surface area contributed by atoms with Gasteiger partial charge in [0.25, 0.3) is 0 Å². The lowest BCUT2D eigenvalue weighted by molar-refractivity contribution is -0.136. The number of ether oxygens (including phenoxy) is 1. The highest BCUT2D eigenvalue weighted by Gasteiger charge is 2.40. The molecule has 1 fully saturated rings. The zero-order chi connectivity index (χ0) is 18.6. The highest BCUT2D eigenvalue weighted by molar-refractivity contribution is 5.83. The summed E-state index contributed by atoms with van der Waals surface area (Å²) in [4.78, 5) is 12.9. The largest absolute Gasteiger partial charge is 0.381 e. The molecule has 0 radical (unpaired) electrons. The van der Waals surface area contributed by atoms with Gasteiger partial charge >= 0.3 is 0 Å². The summed E-state index contributed by atoms with van der Waals surface area (Å²) in [6.07, 6.45) is 2.31. The summed E-state index contributed by atoms with van der Waals surface area (Å²) in [6, 6.07) is 15.1. The van der Waals surface area contributed by atoms with Crippen LogP contribution in [0, 0.1) is 19.3 Å². The van der Waals surface area contributed by atoms with Crippen molar-refractivity contribution in [1.82, 2.24) is 5.32 Å². The summed E-state index contributed by atoms with van der Waals surface area (Å²) in [5, 5.41) is 3.06. The van der Waals surface area contributed by atoms with E-state index in [-0.39, 0.29) is 11.3 Å². The van der Waals surface area contributed by atoms with Gasteiger partial charge in [0.2, 0.25) is 5.91 Å². The molecule has 1 amide bonds. The highest BCUT2D eigenvalue weighted by Crippen LogP contribution is 2.38. The van der Waals surface area contributed by atoms with Gasteiger partial charge in [0.05, 0.1) is 5.41 Å². The Hall–Kier alpha value is -2.13. The van der Waals surface area contributed by atoms with Crippen LogP contribution in [0.1, 0.15) is 36.5 Å². The number of aryl methyl sites for hydroxylation is 2. The standard InChI is InChI=1S/C23H29NO2/c1-4-24-22(25)23(11-13-26-14-12-23)16-19-7-5-6-8-21(19)20-10-9-17(2)15-18(20)3/h5-10,15H,4,11-14,16H2,1-3H3,(H,24,25). The minimum Gasteiger partial charge on any atom is -0.381 e. The number of benzene rings is 2. The summed E-state index contributed by atoms with van der Waals surface area (Å²) >= 11 is 0. The molecule has 3 heteroatoms. The molecule has 0 spiro atoms. The minimum atomic E-state index is -0.372. The summed E-state index contributed by atoms with van der Waals surface area (Å²) in [7, 11) is 0. The predicted molar refractivity (Wildman–Crippen MR) is 106 cm³/mol. The van der Waals surface area contributed by atoms with Gasteiger partial charge in [-0.15, -0.1) is 0 Å². The molecule has 1 heterocycles. The SMILES string of the molecule is CCNC(=O)C1(Cc2ccccc2-c2ccc(C)cc2C)CCOCC1. The Morgan fingerprint density at radius 3 is 2.50 bits per heavy atom. The molecule has 1 N–H and O–H groups in total. The van der Waals surface area contributed by atoms with Crippen molar-refractivity contribution >= 4 is 5.91 Å². The lowest BCUT2D eigenvalue weighted by Crippen LogP contribution is -2.46. The van der Waals surface area contributed by atoms with Crippen molar-refractivity contribution in [2.45, 2.75) is 40.0 Å². The summed E-state index contributed by atoms with van der Waals surface area (Å²) in [5.41, 5.74) is 5.91. The number of rotatable bonds is 5. The van der Waals surface area contributed by atoms with Crippen molar-refractivity contribution in [1.29, 1.82) is 0 Å².